The molecule has 2 aromatic rings. The van der Waals surface area contributed by atoms with Crippen molar-refractivity contribution in [2.75, 3.05) is 32.6 Å². The van der Waals surface area contributed by atoms with Crippen LogP contribution in [-0.4, -0.2) is 44.0 Å². The average Bonchev–Trinajstić information content (AvgIpc) is 2.62. The molecule has 0 aliphatic rings. The SMILES string of the molecule is CCNC(=O)c1cccc(NC(=O)CN(C)Cc2ccc(OC)c(F)c2)c1. The number of carbonyl (C=O) groups is 2. The predicted molar refractivity (Wildman–Crippen MR) is 102 cm³/mol. The Labute approximate surface area is 158 Å². The first kappa shape index (κ1) is 20.4. The highest BCUT2D eigenvalue weighted by molar-refractivity contribution is 5.97. The van der Waals surface area contributed by atoms with Crippen LogP contribution in [0.15, 0.2) is 42.5 Å². The summed E-state index contributed by atoms with van der Waals surface area (Å²) in [6.07, 6.45) is 0. The summed E-state index contributed by atoms with van der Waals surface area (Å²) in [5.41, 5.74) is 1.77. The van der Waals surface area contributed by atoms with Gasteiger partial charge in [0.05, 0.1) is 13.7 Å². The van der Waals surface area contributed by atoms with Gasteiger partial charge < -0.3 is 15.4 Å². The van der Waals surface area contributed by atoms with Crippen LogP contribution in [0.2, 0.25) is 0 Å². The number of methoxy groups -OCH3 is 1. The number of hydrogen-bond acceptors (Lipinski definition) is 4. The molecule has 2 rings (SSSR count). The summed E-state index contributed by atoms with van der Waals surface area (Å²) in [6, 6.07) is 11.5. The molecule has 27 heavy (non-hydrogen) atoms. The molecule has 6 nitrogen and oxygen atoms in total. The van der Waals surface area contributed by atoms with E-state index in [1.54, 1.807) is 48.3 Å². The Hall–Kier alpha value is -2.93. The second kappa shape index (κ2) is 9.68. The van der Waals surface area contributed by atoms with Gasteiger partial charge in [-0.25, -0.2) is 4.39 Å². The van der Waals surface area contributed by atoms with Crippen LogP contribution in [0.1, 0.15) is 22.8 Å². The van der Waals surface area contributed by atoms with Crippen molar-refractivity contribution in [2.45, 2.75) is 13.5 Å². The third-order valence-corrected chi connectivity index (χ3v) is 3.83. The summed E-state index contributed by atoms with van der Waals surface area (Å²) in [5.74, 6) is -0.659. The van der Waals surface area contributed by atoms with Gasteiger partial charge in [-0.3, -0.25) is 14.5 Å². The molecule has 0 saturated heterocycles. The van der Waals surface area contributed by atoms with E-state index in [4.69, 9.17) is 4.74 Å². The van der Waals surface area contributed by atoms with Crippen LogP contribution in [0.5, 0.6) is 5.75 Å². The maximum Gasteiger partial charge on any atom is 0.251 e. The van der Waals surface area contributed by atoms with Crippen molar-refractivity contribution < 1.29 is 18.7 Å². The lowest BCUT2D eigenvalue weighted by Crippen LogP contribution is -2.30. The molecule has 2 amide bonds. The van der Waals surface area contributed by atoms with Gasteiger partial charge in [-0.05, 0) is 49.9 Å². The first-order valence-electron chi connectivity index (χ1n) is 8.62. The summed E-state index contributed by atoms with van der Waals surface area (Å²) >= 11 is 0. The molecule has 0 radical (unpaired) electrons. The minimum atomic E-state index is -0.435. The Kier molecular flexibility index (Phi) is 7.31. The Bertz CT molecular complexity index is 811. The number of ether oxygens (including phenoxy) is 1. The zero-order chi connectivity index (χ0) is 19.8. The summed E-state index contributed by atoms with van der Waals surface area (Å²) < 4.78 is 18.6. The summed E-state index contributed by atoms with van der Waals surface area (Å²) in [5, 5.41) is 5.49. The van der Waals surface area contributed by atoms with Crippen LogP contribution in [0.3, 0.4) is 0 Å². The van der Waals surface area contributed by atoms with Crippen LogP contribution in [-0.2, 0) is 11.3 Å². The van der Waals surface area contributed by atoms with Crippen molar-refractivity contribution in [1.29, 1.82) is 0 Å². The summed E-state index contributed by atoms with van der Waals surface area (Å²) in [7, 11) is 3.18. The highest BCUT2D eigenvalue weighted by Crippen LogP contribution is 2.18. The standard InChI is InChI=1S/C20H24FN3O3/c1-4-22-20(26)15-6-5-7-16(11-15)23-19(25)13-24(2)12-14-8-9-18(27-3)17(21)10-14/h5-11H,4,12-13H2,1-3H3,(H,22,26)(H,23,25). The van der Waals surface area contributed by atoms with Crippen LogP contribution >= 0.6 is 0 Å². The van der Waals surface area contributed by atoms with E-state index in [2.05, 4.69) is 10.6 Å². The average molecular weight is 373 g/mol. The van der Waals surface area contributed by atoms with Gasteiger partial charge in [-0.2, -0.15) is 0 Å². The van der Waals surface area contributed by atoms with Gasteiger partial charge in [0.2, 0.25) is 5.91 Å². The molecule has 0 unspecified atom stereocenters. The molecule has 0 bridgehead atoms. The third kappa shape index (κ3) is 6.07. The molecular weight excluding hydrogens is 349 g/mol. The first-order chi connectivity index (χ1) is 12.9. The van der Waals surface area contributed by atoms with Gasteiger partial charge in [0.15, 0.2) is 11.6 Å². The fraction of sp³-hybridized carbons (Fsp3) is 0.300. The molecule has 7 heteroatoms. The number of rotatable bonds is 8. The Morgan fingerprint density at radius 3 is 2.63 bits per heavy atom. The molecule has 0 aliphatic carbocycles. The third-order valence-electron chi connectivity index (χ3n) is 3.83. The maximum absolute atomic E-state index is 13.8. The molecule has 0 atom stereocenters. The topological polar surface area (TPSA) is 70.7 Å². The Balaban J connectivity index is 1.92. The predicted octanol–water partition coefficient (Wildman–Crippen LogP) is 2.65. The normalized spacial score (nSPS) is 10.6. The smallest absolute Gasteiger partial charge is 0.251 e. The molecule has 0 heterocycles. The molecular formula is C20H24FN3O3. The van der Waals surface area contributed by atoms with Gasteiger partial charge in [0.1, 0.15) is 0 Å². The van der Waals surface area contributed by atoms with Gasteiger partial charge in [0.25, 0.3) is 5.91 Å². The van der Waals surface area contributed by atoms with E-state index in [1.165, 1.54) is 13.2 Å². The summed E-state index contributed by atoms with van der Waals surface area (Å²) in [4.78, 5) is 25.9. The van der Waals surface area contributed by atoms with Crippen LogP contribution in [0.25, 0.3) is 0 Å². The lowest BCUT2D eigenvalue weighted by molar-refractivity contribution is -0.117. The Morgan fingerprint density at radius 1 is 1.19 bits per heavy atom. The number of nitrogens with zero attached hydrogens (tertiary/aromatic N) is 1. The van der Waals surface area contributed by atoms with Crippen molar-refractivity contribution in [3.8, 4) is 5.75 Å². The molecule has 2 N–H and O–H groups in total. The maximum atomic E-state index is 13.8. The van der Waals surface area contributed by atoms with E-state index in [0.717, 1.165) is 5.56 Å². The lowest BCUT2D eigenvalue weighted by Gasteiger charge is -2.17. The van der Waals surface area contributed by atoms with E-state index in [1.807, 2.05) is 6.92 Å². The highest BCUT2D eigenvalue weighted by Gasteiger charge is 2.11. The summed E-state index contributed by atoms with van der Waals surface area (Å²) in [6.45, 7) is 2.91. The monoisotopic (exact) mass is 373 g/mol. The number of likely N-dealkylation sites (N-methyl/N-ethyl adjacent to an activating group) is 1. The quantitative estimate of drug-likeness (QED) is 0.746. The number of carbonyl (C=O) groups excluding carboxylic acids is 2. The van der Waals surface area contributed by atoms with E-state index in [-0.39, 0.29) is 24.1 Å². The number of hydrogen-bond donors (Lipinski definition) is 2. The molecule has 0 fully saturated rings. The number of benzene rings is 2. The van der Waals surface area contributed by atoms with E-state index in [0.29, 0.717) is 24.3 Å². The molecule has 2 aromatic carbocycles. The van der Waals surface area contributed by atoms with Gasteiger partial charge in [0, 0.05) is 24.3 Å². The van der Waals surface area contributed by atoms with Crippen molar-refractivity contribution in [3.05, 3.63) is 59.4 Å². The zero-order valence-corrected chi connectivity index (χ0v) is 15.7. The second-order valence-corrected chi connectivity index (χ2v) is 6.13. The first-order valence-corrected chi connectivity index (χ1v) is 8.62. The van der Waals surface area contributed by atoms with Crippen LogP contribution in [0.4, 0.5) is 10.1 Å². The van der Waals surface area contributed by atoms with E-state index in [9.17, 15) is 14.0 Å². The minimum absolute atomic E-state index is 0.124. The number of halogens is 1. The fourth-order valence-corrected chi connectivity index (χ4v) is 2.62. The minimum Gasteiger partial charge on any atom is -0.494 e. The molecule has 0 aliphatic heterocycles. The lowest BCUT2D eigenvalue weighted by atomic mass is 10.2. The molecule has 0 spiro atoms. The molecule has 0 saturated carbocycles. The van der Waals surface area contributed by atoms with Crippen LogP contribution in [0, 0.1) is 5.82 Å². The van der Waals surface area contributed by atoms with Gasteiger partial charge >= 0.3 is 0 Å². The number of nitrogens with one attached hydrogen (secondary N) is 2. The van der Waals surface area contributed by atoms with Crippen molar-refractivity contribution >= 4 is 17.5 Å². The highest BCUT2D eigenvalue weighted by atomic mass is 19.1. The number of anilines is 1. The van der Waals surface area contributed by atoms with Crippen molar-refractivity contribution in [2.24, 2.45) is 0 Å². The van der Waals surface area contributed by atoms with Crippen molar-refractivity contribution in [1.82, 2.24) is 10.2 Å². The van der Waals surface area contributed by atoms with Gasteiger partial charge in [-0.1, -0.05) is 12.1 Å². The molecule has 0 aromatic heterocycles. The molecule has 144 valence electrons. The fourth-order valence-electron chi connectivity index (χ4n) is 2.62. The largest absolute Gasteiger partial charge is 0.494 e. The second-order valence-electron chi connectivity index (χ2n) is 6.13. The van der Waals surface area contributed by atoms with Crippen LogP contribution < -0.4 is 15.4 Å². The number of amides is 2. The van der Waals surface area contributed by atoms with Gasteiger partial charge in [-0.15, -0.1) is 0 Å². The zero-order valence-electron chi connectivity index (χ0n) is 15.7. The Morgan fingerprint density at radius 2 is 1.96 bits per heavy atom. The van der Waals surface area contributed by atoms with E-state index >= 15 is 0 Å². The van der Waals surface area contributed by atoms with Crippen molar-refractivity contribution in [3.63, 3.8) is 0 Å². The van der Waals surface area contributed by atoms with E-state index < -0.39 is 5.82 Å².